The molecule has 0 aliphatic carbocycles. The monoisotopic (exact) mass is 231 g/mol. The van der Waals surface area contributed by atoms with Crippen LogP contribution in [0, 0.1) is 11.8 Å². The van der Waals surface area contributed by atoms with Gasteiger partial charge in [-0.1, -0.05) is 45.9 Å². The molecule has 0 aromatic heterocycles. The third-order valence-corrected chi connectivity index (χ3v) is 4.18. The Balaban J connectivity index is 2.17. The lowest BCUT2D eigenvalue weighted by molar-refractivity contribution is 0.305. The minimum atomic E-state index is 0.286. The molecule has 0 spiro atoms. The zero-order valence-corrected chi connectivity index (χ0v) is 11.6. The second kappa shape index (κ2) is 4.72. The van der Waals surface area contributed by atoms with Crippen LogP contribution >= 0.6 is 0 Å². The lowest BCUT2D eigenvalue weighted by Crippen LogP contribution is -2.42. The van der Waals surface area contributed by atoms with Crippen molar-refractivity contribution in [3.05, 3.63) is 29.8 Å². The Morgan fingerprint density at radius 1 is 1.18 bits per heavy atom. The number of fused-ring (bicyclic) bond motifs is 1. The molecule has 1 aromatic rings. The molecule has 1 atom stereocenters. The van der Waals surface area contributed by atoms with Gasteiger partial charge in [-0.15, -0.1) is 0 Å². The number of nitrogens with one attached hydrogen (secondary N) is 1. The number of anilines is 1. The molecule has 1 N–H and O–H groups in total. The van der Waals surface area contributed by atoms with Crippen molar-refractivity contribution in [2.75, 3.05) is 5.32 Å². The first-order valence-corrected chi connectivity index (χ1v) is 6.89. The van der Waals surface area contributed by atoms with E-state index >= 15 is 0 Å². The summed E-state index contributed by atoms with van der Waals surface area (Å²) in [6.45, 7) is 9.32. The zero-order valence-electron chi connectivity index (χ0n) is 11.6. The van der Waals surface area contributed by atoms with Crippen LogP contribution in [0.3, 0.4) is 0 Å². The topological polar surface area (TPSA) is 12.0 Å². The normalized spacial score (nSPS) is 22.9. The summed E-state index contributed by atoms with van der Waals surface area (Å²) in [5, 5.41) is 3.80. The molecule has 17 heavy (non-hydrogen) atoms. The number of hydrogen-bond donors (Lipinski definition) is 1. The summed E-state index contributed by atoms with van der Waals surface area (Å²) in [6.07, 6.45) is 3.77. The average Bonchev–Trinajstić information content (AvgIpc) is 2.66. The predicted molar refractivity (Wildman–Crippen MR) is 75.4 cm³/mol. The van der Waals surface area contributed by atoms with E-state index in [0.29, 0.717) is 5.92 Å². The zero-order chi connectivity index (χ0) is 12.5. The van der Waals surface area contributed by atoms with Crippen molar-refractivity contribution in [2.24, 2.45) is 11.8 Å². The Labute approximate surface area is 106 Å². The summed E-state index contributed by atoms with van der Waals surface area (Å²) >= 11 is 0. The largest absolute Gasteiger partial charge is 0.379 e. The molecule has 2 rings (SSSR count). The molecule has 0 saturated carbocycles. The molecular formula is C16H25N. The molecule has 1 aliphatic heterocycles. The van der Waals surface area contributed by atoms with Gasteiger partial charge in [-0.3, -0.25) is 0 Å². The molecule has 0 saturated heterocycles. The van der Waals surface area contributed by atoms with Crippen molar-refractivity contribution in [3.8, 4) is 0 Å². The summed E-state index contributed by atoms with van der Waals surface area (Å²) < 4.78 is 0. The molecule has 1 aromatic carbocycles. The van der Waals surface area contributed by atoms with Gasteiger partial charge >= 0.3 is 0 Å². The lowest BCUT2D eigenvalue weighted by Gasteiger charge is -2.35. The Kier molecular flexibility index (Phi) is 3.46. The van der Waals surface area contributed by atoms with Gasteiger partial charge in [0.1, 0.15) is 0 Å². The van der Waals surface area contributed by atoms with E-state index in [1.165, 1.54) is 30.5 Å². The Morgan fingerprint density at radius 3 is 2.47 bits per heavy atom. The molecule has 0 radical (unpaired) electrons. The summed E-state index contributed by atoms with van der Waals surface area (Å²) in [4.78, 5) is 0. The van der Waals surface area contributed by atoms with E-state index in [0.717, 1.165) is 5.92 Å². The maximum atomic E-state index is 3.80. The van der Waals surface area contributed by atoms with Crippen LogP contribution in [0.15, 0.2) is 24.3 Å². The standard InChI is InChI=1S/C16H25N/c1-12(2)9-10-16(13(3)4)11-14-7-5-6-8-15(14)17-16/h5-8,12-13,17H,9-11H2,1-4H3. The van der Waals surface area contributed by atoms with Crippen molar-refractivity contribution in [3.63, 3.8) is 0 Å². The van der Waals surface area contributed by atoms with Gasteiger partial charge in [0, 0.05) is 11.2 Å². The molecule has 1 heteroatoms. The fourth-order valence-corrected chi connectivity index (χ4v) is 2.78. The SMILES string of the molecule is CC(C)CCC1(C(C)C)Cc2ccccc2N1. The quantitative estimate of drug-likeness (QED) is 0.805. The van der Waals surface area contributed by atoms with Crippen LogP contribution in [0.2, 0.25) is 0 Å². The molecule has 1 aliphatic rings. The predicted octanol–water partition coefficient (Wildman–Crippen LogP) is 4.49. The van der Waals surface area contributed by atoms with Crippen molar-refractivity contribution in [2.45, 2.75) is 52.5 Å². The van der Waals surface area contributed by atoms with Gasteiger partial charge in [-0.25, -0.2) is 0 Å². The van der Waals surface area contributed by atoms with Gasteiger partial charge in [0.05, 0.1) is 0 Å². The maximum absolute atomic E-state index is 3.80. The summed E-state index contributed by atoms with van der Waals surface area (Å²) in [5.41, 5.74) is 3.13. The van der Waals surface area contributed by atoms with E-state index in [2.05, 4.69) is 57.3 Å². The van der Waals surface area contributed by atoms with E-state index in [9.17, 15) is 0 Å². The van der Waals surface area contributed by atoms with Gasteiger partial charge in [-0.05, 0) is 42.7 Å². The molecule has 1 nitrogen and oxygen atoms in total. The lowest BCUT2D eigenvalue weighted by atomic mass is 9.79. The number of para-hydroxylation sites is 1. The van der Waals surface area contributed by atoms with Crippen molar-refractivity contribution < 1.29 is 0 Å². The summed E-state index contributed by atoms with van der Waals surface area (Å²) in [6, 6.07) is 8.76. The van der Waals surface area contributed by atoms with Crippen molar-refractivity contribution >= 4 is 5.69 Å². The average molecular weight is 231 g/mol. The minimum absolute atomic E-state index is 0.286. The van der Waals surface area contributed by atoms with Crippen LogP contribution in [0.5, 0.6) is 0 Å². The van der Waals surface area contributed by atoms with Crippen LogP contribution < -0.4 is 5.32 Å². The molecule has 0 bridgehead atoms. The molecule has 1 heterocycles. The van der Waals surface area contributed by atoms with Gasteiger partial charge in [-0.2, -0.15) is 0 Å². The van der Waals surface area contributed by atoms with Gasteiger partial charge in [0.2, 0.25) is 0 Å². The molecule has 0 fully saturated rings. The Morgan fingerprint density at radius 2 is 1.88 bits per heavy atom. The van der Waals surface area contributed by atoms with Crippen LogP contribution in [0.4, 0.5) is 5.69 Å². The number of hydrogen-bond acceptors (Lipinski definition) is 1. The maximum Gasteiger partial charge on any atom is 0.0437 e. The second-order valence-electron chi connectivity index (χ2n) is 6.20. The van der Waals surface area contributed by atoms with Crippen LogP contribution in [0.1, 0.15) is 46.1 Å². The molecule has 1 unspecified atom stereocenters. The van der Waals surface area contributed by atoms with E-state index in [-0.39, 0.29) is 5.54 Å². The minimum Gasteiger partial charge on any atom is -0.379 e. The summed E-state index contributed by atoms with van der Waals surface area (Å²) in [7, 11) is 0. The van der Waals surface area contributed by atoms with E-state index in [1.807, 2.05) is 0 Å². The smallest absolute Gasteiger partial charge is 0.0437 e. The Hall–Kier alpha value is -0.980. The second-order valence-corrected chi connectivity index (χ2v) is 6.20. The fourth-order valence-electron chi connectivity index (χ4n) is 2.78. The van der Waals surface area contributed by atoms with Gasteiger partial charge in [0.25, 0.3) is 0 Å². The number of rotatable bonds is 4. The third kappa shape index (κ3) is 2.48. The van der Waals surface area contributed by atoms with E-state index in [1.54, 1.807) is 0 Å². The van der Waals surface area contributed by atoms with Crippen LogP contribution in [0.25, 0.3) is 0 Å². The third-order valence-electron chi connectivity index (χ3n) is 4.18. The highest BCUT2D eigenvalue weighted by molar-refractivity contribution is 5.59. The van der Waals surface area contributed by atoms with Crippen LogP contribution in [-0.4, -0.2) is 5.54 Å². The molecule has 94 valence electrons. The molecule has 0 amide bonds. The first-order valence-electron chi connectivity index (χ1n) is 6.89. The van der Waals surface area contributed by atoms with E-state index < -0.39 is 0 Å². The number of benzene rings is 1. The van der Waals surface area contributed by atoms with Crippen molar-refractivity contribution in [1.29, 1.82) is 0 Å². The fraction of sp³-hybridized carbons (Fsp3) is 0.625. The van der Waals surface area contributed by atoms with Crippen molar-refractivity contribution in [1.82, 2.24) is 0 Å². The molecular weight excluding hydrogens is 206 g/mol. The van der Waals surface area contributed by atoms with Crippen LogP contribution in [-0.2, 0) is 6.42 Å². The van der Waals surface area contributed by atoms with Gasteiger partial charge < -0.3 is 5.32 Å². The summed E-state index contributed by atoms with van der Waals surface area (Å²) in [5.74, 6) is 1.46. The highest BCUT2D eigenvalue weighted by Gasteiger charge is 2.38. The first kappa shape index (κ1) is 12.5. The van der Waals surface area contributed by atoms with E-state index in [4.69, 9.17) is 0 Å². The first-order chi connectivity index (χ1) is 8.03. The highest BCUT2D eigenvalue weighted by Crippen LogP contribution is 2.40. The Bertz CT molecular complexity index is 354. The van der Waals surface area contributed by atoms with Gasteiger partial charge in [0.15, 0.2) is 0 Å². The highest BCUT2D eigenvalue weighted by atomic mass is 15.0.